The quantitative estimate of drug-likeness (QED) is 0.838. The van der Waals surface area contributed by atoms with Crippen LogP contribution in [0.15, 0.2) is 24.3 Å². The lowest BCUT2D eigenvalue weighted by Crippen LogP contribution is -1.98. The molecular weight excluding hydrogens is 200 g/mol. The molecule has 0 aliphatic heterocycles. The van der Waals surface area contributed by atoms with E-state index in [9.17, 15) is 5.11 Å². The number of aromatic nitrogens is 2. The molecule has 16 heavy (non-hydrogen) atoms. The molecule has 0 aliphatic carbocycles. The number of nitrogens with zero attached hydrogens (tertiary/aromatic N) is 2. The third-order valence-corrected chi connectivity index (χ3v) is 2.80. The molecule has 1 aromatic heterocycles. The number of hydrogen-bond donors (Lipinski definition) is 1. The predicted molar refractivity (Wildman–Crippen MR) is 64.5 cm³/mol. The normalized spacial score (nSPS) is 10.7. The summed E-state index contributed by atoms with van der Waals surface area (Å²) < 4.78 is 1.81. The van der Waals surface area contributed by atoms with Gasteiger partial charge >= 0.3 is 0 Å². The maximum atomic E-state index is 9.99. The molecule has 0 saturated heterocycles. The van der Waals surface area contributed by atoms with Gasteiger partial charge in [-0.25, -0.2) is 0 Å². The third-order valence-electron chi connectivity index (χ3n) is 2.80. The Kier molecular flexibility index (Phi) is 2.69. The van der Waals surface area contributed by atoms with Gasteiger partial charge in [0.2, 0.25) is 0 Å². The van der Waals surface area contributed by atoms with Gasteiger partial charge in [0.25, 0.3) is 0 Å². The molecule has 0 radical (unpaired) electrons. The zero-order chi connectivity index (χ0) is 11.7. The van der Waals surface area contributed by atoms with Gasteiger partial charge in [0.1, 0.15) is 5.69 Å². The number of aryl methyl sites for hydroxylation is 2. The Morgan fingerprint density at radius 3 is 2.31 bits per heavy atom. The lowest BCUT2D eigenvalue weighted by atomic mass is 10.1. The second kappa shape index (κ2) is 4.00. The van der Waals surface area contributed by atoms with Crippen molar-refractivity contribution in [1.29, 1.82) is 0 Å². The van der Waals surface area contributed by atoms with E-state index >= 15 is 0 Å². The van der Waals surface area contributed by atoms with Crippen molar-refractivity contribution in [2.24, 2.45) is 0 Å². The van der Waals surface area contributed by atoms with Gasteiger partial charge in [-0.05, 0) is 20.8 Å². The molecule has 0 fully saturated rings. The first-order valence-corrected chi connectivity index (χ1v) is 5.47. The van der Waals surface area contributed by atoms with Gasteiger partial charge in [-0.1, -0.05) is 29.8 Å². The van der Waals surface area contributed by atoms with Crippen LogP contribution in [0.3, 0.4) is 0 Å². The van der Waals surface area contributed by atoms with Crippen LogP contribution < -0.4 is 0 Å². The Morgan fingerprint density at radius 1 is 1.19 bits per heavy atom. The highest BCUT2D eigenvalue weighted by atomic mass is 16.3. The van der Waals surface area contributed by atoms with Crippen LogP contribution in [0.4, 0.5) is 0 Å². The Hall–Kier alpha value is -1.77. The fourth-order valence-electron chi connectivity index (χ4n) is 1.75. The smallest absolute Gasteiger partial charge is 0.164 e. The second-order valence-electron chi connectivity index (χ2n) is 3.96. The number of benzene rings is 1. The summed E-state index contributed by atoms with van der Waals surface area (Å²) in [6.45, 7) is 6.70. The van der Waals surface area contributed by atoms with Crippen molar-refractivity contribution in [3.05, 3.63) is 35.5 Å². The Labute approximate surface area is 95.3 Å². The SMILES string of the molecule is CCn1nc(-c2ccc(C)cc2)c(O)c1C. The molecule has 1 heterocycles. The minimum Gasteiger partial charge on any atom is -0.504 e. The van der Waals surface area contributed by atoms with E-state index in [1.54, 1.807) is 0 Å². The average Bonchev–Trinajstić information content (AvgIpc) is 2.57. The van der Waals surface area contributed by atoms with Gasteiger partial charge in [-0.15, -0.1) is 0 Å². The van der Waals surface area contributed by atoms with Gasteiger partial charge in [0.05, 0.1) is 5.69 Å². The fraction of sp³-hybridized carbons (Fsp3) is 0.308. The third kappa shape index (κ3) is 1.69. The van der Waals surface area contributed by atoms with Gasteiger partial charge < -0.3 is 5.11 Å². The number of rotatable bonds is 2. The minimum atomic E-state index is 0.283. The summed E-state index contributed by atoms with van der Waals surface area (Å²) in [5, 5.41) is 14.4. The standard InChI is InChI=1S/C13H16N2O/c1-4-15-10(3)13(16)12(14-15)11-7-5-9(2)6-8-11/h5-8,16H,4H2,1-3H3. The van der Waals surface area contributed by atoms with E-state index in [2.05, 4.69) is 5.10 Å². The molecule has 0 saturated carbocycles. The molecule has 3 nitrogen and oxygen atoms in total. The zero-order valence-corrected chi connectivity index (χ0v) is 9.86. The van der Waals surface area contributed by atoms with Crippen LogP contribution >= 0.6 is 0 Å². The summed E-state index contributed by atoms with van der Waals surface area (Å²) in [6, 6.07) is 8.01. The molecule has 0 aliphatic rings. The van der Waals surface area contributed by atoms with Crippen LogP contribution in [0.1, 0.15) is 18.2 Å². The minimum absolute atomic E-state index is 0.283. The molecular formula is C13H16N2O. The summed E-state index contributed by atoms with van der Waals surface area (Å²) in [5.41, 5.74) is 3.64. The first-order chi connectivity index (χ1) is 7.63. The number of aromatic hydroxyl groups is 1. The van der Waals surface area contributed by atoms with Gasteiger partial charge in [0.15, 0.2) is 5.75 Å². The highest BCUT2D eigenvalue weighted by molar-refractivity contribution is 5.67. The van der Waals surface area contributed by atoms with E-state index in [0.29, 0.717) is 5.69 Å². The molecule has 0 unspecified atom stereocenters. The lowest BCUT2D eigenvalue weighted by molar-refractivity contribution is 0.469. The lowest BCUT2D eigenvalue weighted by Gasteiger charge is -1.98. The summed E-state index contributed by atoms with van der Waals surface area (Å²) >= 11 is 0. The van der Waals surface area contributed by atoms with Crippen LogP contribution in [0.5, 0.6) is 5.75 Å². The maximum Gasteiger partial charge on any atom is 0.164 e. The molecule has 2 aromatic rings. The van der Waals surface area contributed by atoms with E-state index in [1.807, 2.05) is 49.7 Å². The van der Waals surface area contributed by atoms with Gasteiger partial charge in [0, 0.05) is 12.1 Å². The molecule has 1 N–H and O–H groups in total. The van der Waals surface area contributed by atoms with Crippen molar-refractivity contribution in [1.82, 2.24) is 9.78 Å². The van der Waals surface area contributed by atoms with Gasteiger partial charge in [-0.2, -0.15) is 5.10 Å². The topological polar surface area (TPSA) is 38.0 Å². The zero-order valence-electron chi connectivity index (χ0n) is 9.86. The van der Waals surface area contributed by atoms with E-state index in [1.165, 1.54) is 5.56 Å². The van der Waals surface area contributed by atoms with Crippen LogP contribution in [-0.4, -0.2) is 14.9 Å². The second-order valence-corrected chi connectivity index (χ2v) is 3.96. The van der Waals surface area contributed by atoms with E-state index in [4.69, 9.17) is 0 Å². The Bertz CT molecular complexity index is 497. The van der Waals surface area contributed by atoms with Crippen molar-refractivity contribution in [3.63, 3.8) is 0 Å². The van der Waals surface area contributed by atoms with E-state index in [0.717, 1.165) is 17.8 Å². The molecule has 3 heteroatoms. The van der Waals surface area contributed by atoms with Crippen molar-refractivity contribution in [3.8, 4) is 17.0 Å². The monoisotopic (exact) mass is 216 g/mol. The van der Waals surface area contributed by atoms with Crippen LogP contribution in [0.25, 0.3) is 11.3 Å². The highest BCUT2D eigenvalue weighted by Crippen LogP contribution is 2.30. The van der Waals surface area contributed by atoms with E-state index < -0.39 is 0 Å². The van der Waals surface area contributed by atoms with Gasteiger partial charge in [-0.3, -0.25) is 4.68 Å². The molecule has 84 valence electrons. The summed E-state index contributed by atoms with van der Waals surface area (Å²) in [6.07, 6.45) is 0. The first-order valence-electron chi connectivity index (χ1n) is 5.47. The summed E-state index contributed by atoms with van der Waals surface area (Å²) in [5.74, 6) is 0.283. The van der Waals surface area contributed by atoms with Crippen molar-refractivity contribution < 1.29 is 5.11 Å². The predicted octanol–water partition coefficient (Wildman–Crippen LogP) is 2.89. The van der Waals surface area contributed by atoms with Crippen molar-refractivity contribution in [2.75, 3.05) is 0 Å². The Balaban J connectivity index is 2.52. The first kappa shape index (κ1) is 10.7. The summed E-state index contributed by atoms with van der Waals surface area (Å²) in [4.78, 5) is 0. The molecule has 0 spiro atoms. The highest BCUT2D eigenvalue weighted by Gasteiger charge is 2.13. The van der Waals surface area contributed by atoms with Crippen LogP contribution in [0.2, 0.25) is 0 Å². The van der Waals surface area contributed by atoms with Crippen LogP contribution in [-0.2, 0) is 6.54 Å². The Morgan fingerprint density at radius 2 is 1.81 bits per heavy atom. The molecule has 0 amide bonds. The molecule has 0 bridgehead atoms. The van der Waals surface area contributed by atoms with Crippen molar-refractivity contribution in [2.45, 2.75) is 27.3 Å². The molecule has 0 atom stereocenters. The van der Waals surface area contributed by atoms with Crippen LogP contribution in [0, 0.1) is 13.8 Å². The number of hydrogen-bond acceptors (Lipinski definition) is 2. The molecule has 1 aromatic carbocycles. The van der Waals surface area contributed by atoms with E-state index in [-0.39, 0.29) is 5.75 Å². The fourth-order valence-corrected chi connectivity index (χ4v) is 1.75. The maximum absolute atomic E-state index is 9.99. The van der Waals surface area contributed by atoms with Crippen molar-refractivity contribution >= 4 is 0 Å². The summed E-state index contributed by atoms with van der Waals surface area (Å²) in [7, 11) is 0. The average molecular weight is 216 g/mol. The largest absolute Gasteiger partial charge is 0.504 e. The molecule has 2 rings (SSSR count).